The quantitative estimate of drug-likeness (QED) is 0.322. The van der Waals surface area contributed by atoms with Crippen molar-refractivity contribution in [2.24, 2.45) is 5.92 Å². The summed E-state index contributed by atoms with van der Waals surface area (Å²) in [5, 5.41) is 10.4. The van der Waals surface area contributed by atoms with E-state index in [0.29, 0.717) is 55.6 Å². The van der Waals surface area contributed by atoms with E-state index in [4.69, 9.17) is 9.47 Å². The number of hydrogen-bond acceptors (Lipinski definition) is 8. The minimum absolute atomic E-state index is 0.00320. The molecule has 5 heterocycles. The van der Waals surface area contributed by atoms with Gasteiger partial charge in [0.15, 0.2) is 5.65 Å². The molecule has 226 valence electrons. The van der Waals surface area contributed by atoms with E-state index in [1.807, 2.05) is 6.07 Å². The molecule has 0 unspecified atom stereocenters. The molecule has 0 spiro atoms. The lowest BCUT2D eigenvalue weighted by Crippen LogP contribution is -2.45. The number of alkyl halides is 3. The standard InChI is InChI=1S/C28H34F3N7O3S/c1-19-21-17-33-38(19)12-14-41-16-15-40-13-8-20-18-36(2)11-7-22(20)34-23-6-4-10-37-25(23)35-24(5-3-9-32-26(21)39)27(37)42-28(29,30)31/h4,6,10,17,20,22,34H,7-9,11-16,18H2,1-2H3,(H,32,39)/t20-,22-/m0/s1. The van der Waals surface area contributed by atoms with Crippen LogP contribution in [0.25, 0.3) is 5.65 Å². The van der Waals surface area contributed by atoms with Gasteiger partial charge in [-0.3, -0.25) is 13.9 Å². The lowest BCUT2D eigenvalue weighted by molar-refractivity contribution is -0.0330. The number of carbonyl (C=O) groups excluding carboxylic acids is 1. The number of pyridine rings is 1. The van der Waals surface area contributed by atoms with Crippen LogP contribution in [-0.4, -0.2) is 94.6 Å². The number of aromatic nitrogens is 4. The van der Waals surface area contributed by atoms with Crippen LogP contribution in [0.4, 0.5) is 18.9 Å². The summed E-state index contributed by atoms with van der Waals surface area (Å²) < 4.78 is 55.4. The number of rotatable bonds is 1. The van der Waals surface area contributed by atoms with Crippen molar-refractivity contribution in [3.05, 3.63) is 41.5 Å². The summed E-state index contributed by atoms with van der Waals surface area (Å²) >= 11 is -0.253. The smallest absolute Gasteiger partial charge is 0.379 e. The van der Waals surface area contributed by atoms with E-state index in [9.17, 15) is 18.0 Å². The first-order valence-corrected chi connectivity index (χ1v) is 14.7. The summed E-state index contributed by atoms with van der Waals surface area (Å²) in [5.74, 6) is 5.42. The molecule has 2 atom stereocenters. The Morgan fingerprint density at radius 3 is 2.76 bits per heavy atom. The lowest BCUT2D eigenvalue weighted by atomic mass is 9.89. The number of hydrogen-bond donors (Lipinski definition) is 2. The Morgan fingerprint density at radius 1 is 1.14 bits per heavy atom. The highest BCUT2D eigenvalue weighted by Gasteiger charge is 2.34. The second-order valence-electron chi connectivity index (χ2n) is 10.4. The average Bonchev–Trinajstić information content (AvgIpc) is 3.48. The molecule has 5 rings (SSSR count). The summed E-state index contributed by atoms with van der Waals surface area (Å²) in [6.45, 7) is 5.87. The molecule has 1 fully saturated rings. The Kier molecular flexibility index (Phi) is 9.62. The minimum atomic E-state index is -4.53. The maximum atomic E-state index is 13.6. The van der Waals surface area contributed by atoms with Crippen LogP contribution in [-0.2, 0) is 16.0 Å². The molecule has 2 aliphatic heterocycles. The highest BCUT2D eigenvalue weighted by atomic mass is 32.2. The molecule has 14 heteroatoms. The first-order valence-electron chi connectivity index (χ1n) is 13.9. The molecule has 0 aromatic carbocycles. The van der Waals surface area contributed by atoms with Crippen molar-refractivity contribution in [2.75, 3.05) is 58.4 Å². The molecule has 0 aliphatic carbocycles. The molecule has 3 aromatic heterocycles. The van der Waals surface area contributed by atoms with Crippen molar-refractivity contribution in [2.45, 2.75) is 42.9 Å². The second-order valence-corrected chi connectivity index (χ2v) is 11.4. The van der Waals surface area contributed by atoms with Crippen molar-refractivity contribution in [1.29, 1.82) is 0 Å². The third-order valence-electron chi connectivity index (χ3n) is 7.44. The Balaban J connectivity index is 1.46. The molecule has 0 radical (unpaired) electrons. The molecule has 42 heavy (non-hydrogen) atoms. The van der Waals surface area contributed by atoms with Gasteiger partial charge in [-0.1, -0.05) is 5.92 Å². The van der Waals surface area contributed by atoms with Crippen LogP contribution in [0.2, 0.25) is 0 Å². The summed E-state index contributed by atoms with van der Waals surface area (Å²) in [6.07, 6.45) is 4.73. The first-order chi connectivity index (χ1) is 20.2. The van der Waals surface area contributed by atoms with E-state index in [-0.39, 0.29) is 46.9 Å². The van der Waals surface area contributed by atoms with Gasteiger partial charge in [-0.2, -0.15) is 18.3 Å². The van der Waals surface area contributed by atoms with E-state index in [0.717, 1.165) is 25.9 Å². The Labute approximate surface area is 246 Å². The molecule has 2 aliphatic rings. The predicted octanol–water partition coefficient (Wildman–Crippen LogP) is 3.40. The van der Waals surface area contributed by atoms with Gasteiger partial charge in [0.25, 0.3) is 5.91 Å². The van der Waals surface area contributed by atoms with Gasteiger partial charge < -0.3 is 25.0 Å². The van der Waals surface area contributed by atoms with Gasteiger partial charge >= 0.3 is 5.51 Å². The SMILES string of the molecule is Cc1c2cnn1CCOCCOCC[C@H]1CN(C)CC[C@@H]1Nc1cccn3c(SC(F)(F)F)c(nc13)C#CCNC2=O. The van der Waals surface area contributed by atoms with Crippen molar-refractivity contribution in [3.63, 3.8) is 0 Å². The third kappa shape index (κ3) is 7.38. The first kappa shape index (κ1) is 30.2. The molecular weight excluding hydrogens is 571 g/mol. The highest BCUT2D eigenvalue weighted by Crippen LogP contribution is 2.39. The number of carbonyl (C=O) groups is 1. The molecule has 4 bridgehead atoms. The Hall–Kier alpha value is -3.25. The largest absolute Gasteiger partial charge is 0.447 e. The zero-order valence-electron chi connectivity index (χ0n) is 23.5. The molecule has 2 N–H and O–H groups in total. The fourth-order valence-corrected chi connectivity index (χ4v) is 5.95. The van der Waals surface area contributed by atoms with Crippen LogP contribution in [0, 0.1) is 24.7 Å². The van der Waals surface area contributed by atoms with Gasteiger partial charge in [0.2, 0.25) is 0 Å². The Bertz CT molecular complexity index is 1460. The molecule has 0 saturated carbocycles. The van der Waals surface area contributed by atoms with Crippen molar-refractivity contribution in [3.8, 4) is 11.8 Å². The van der Waals surface area contributed by atoms with E-state index in [1.54, 1.807) is 23.9 Å². The fraction of sp³-hybridized carbons (Fsp3) is 0.536. The predicted molar refractivity (Wildman–Crippen MR) is 153 cm³/mol. The molecule has 1 saturated heterocycles. The highest BCUT2D eigenvalue weighted by molar-refractivity contribution is 8.00. The number of nitrogens with one attached hydrogen (secondary N) is 2. The van der Waals surface area contributed by atoms with Gasteiger partial charge in [-0.05, 0) is 57.3 Å². The normalized spacial score (nSPS) is 21.7. The fourth-order valence-electron chi connectivity index (χ4n) is 5.29. The van der Waals surface area contributed by atoms with Crippen LogP contribution in [0.15, 0.2) is 29.6 Å². The lowest BCUT2D eigenvalue weighted by Gasteiger charge is -2.37. The number of anilines is 1. The molecule has 1 amide bonds. The average molecular weight is 606 g/mol. The maximum absolute atomic E-state index is 13.6. The van der Waals surface area contributed by atoms with Gasteiger partial charge in [-0.15, -0.1) is 0 Å². The monoisotopic (exact) mass is 605 g/mol. The number of ether oxygens (including phenoxy) is 2. The molecular formula is C28H34F3N7O3S. The Morgan fingerprint density at radius 2 is 1.95 bits per heavy atom. The molecule has 10 nitrogen and oxygen atoms in total. The topological polar surface area (TPSA) is 98.0 Å². The third-order valence-corrected chi connectivity index (χ3v) is 8.26. The van der Waals surface area contributed by atoms with E-state index >= 15 is 0 Å². The van der Waals surface area contributed by atoms with Crippen LogP contribution in [0.5, 0.6) is 0 Å². The van der Waals surface area contributed by atoms with Crippen molar-refractivity contribution >= 4 is 29.0 Å². The number of piperidine rings is 1. The summed E-state index contributed by atoms with van der Waals surface area (Å²) in [4.78, 5) is 19.5. The summed E-state index contributed by atoms with van der Waals surface area (Å²) in [5.41, 5.74) is -2.46. The van der Waals surface area contributed by atoms with Gasteiger partial charge in [0.05, 0.1) is 50.4 Å². The van der Waals surface area contributed by atoms with E-state index in [2.05, 4.69) is 44.5 Å². The number of amides is 1. The van der Waals surface area contributed by atoms with Gasteiger partial charge in [0, 0.05) is 42.8 Å². The van der Waals surface area contributed by atoms with Crippen molar-refractivity contribution < 1.29 is 27.4 Å². The van der Waals surface area contributed by atoms with E-state index in [1.165, 1.54) is 10.6 Å². The second kappa shape index (κ2) is 13.4. The minimum Gasteiger partial charge on any atom is -0.379 e. The summed E-state index contributed by atoms with van der Waals surface area (Å²) in [6, 6.07) is 3.62. The number of fused-ring (bicyclic) bond motifs is 4. The number of halogens is 3. The number of thioether (sulfide) groups is 1. The number of likely N-dealkylation sites (tertiary alicyclic amines) is 1. The maximum Gasteiger partial charge on any atom is 0.447 e. The van der Waals surface area contributed by atoms with Crippen LogP contribution < -0.4 is 10.6 Å². The zero-order valence-corrected chi connectivity index (χ0v) is 24.4. The molecule has 3 aromatic rings. The van der Waals surface area contributed by atoms with Crippen molar-refractivity contribution in [1.82, 2.24) is 29.4 Å². The zero-order chi connectivity index (χ0) is 29.7. The van der Waals surface area contributed by atoms with Crippen LogP contribution in [0.3, 0.4) is 0 Å². The van der Waals surface area contributed by atoms with Crippen LogP contribution in [0.1, 0.15) is 34.6 Å². The summed E-state index contributed by atoms with van der Waals surface area (Å²) in [7, 11) is 2.09. The van der Waals surface area contributed by atoms with Gasteiger partial charge in [-0.25, -0.2) is 4.98 Å². The van der Waals surface area contributed by atoms with Crippen LogP contribution >= 0.6 is 11.8 Å². The van der Waals surface area contributed by atoms with E-state index < -0.39 is 5.51 Å². The number of nitrogens with zero attached hydrogens (tertiary/aromatic N) is 5. The number of imidazole rings is 1. The van der Waals surface area contributed by atoms with Gasteiger partial charge in [0.1, 0.15) is 10.7 Å².